The Balaban J connectivity index is -0.000000112. The van der Waals surface area contributed by atoms with Crippen LogP contribution in [-0.2, 0) is 167 Å². The molecule has 0 aromatic heterocycles. The molecule has 0 aliphatic rings. The average molecular weight is 2270 g/mol. The summed E-state index contributed by atoms with van der Waals surface area (Å²) in [4.78, 5) is 160. The van der Waals surface area contributed by atoms with Gasteiger partial charge in [0, 0.05) is 35.4 Å². The Morgan fingerprint density at radius 2 is 0.597 bits per heavy atom. The van der Waals surface area contributed by atoms with Gasteiger partial charge in [0.25, 0.3) is 0 Å². The number of phosphoric ester groups is 1. The van der Waals surface area contributed by atoms with Crippen LogP contribution in [0.15, 0.2) is 60.7 Å². The first-order valence-corrected chi connectivity index (χ1v) is 55.0. The van der Waals surface area contributed by atoms with E-state index in [1.54, 1.807) is 55.4 Å². The van der Waals surface area contributed by atoms with Gasteiger partial charge < -0.3 is 90.8 Å². The van der Waals surface area contributed by atoms with E-state index in [0.29, 0.717) is 51.9 Å². The van der Waals surface area contributed by atoms with Gasteiger partial charge >= 0.3 is 214 Å². The van der Waals surface area contributed by atoms with Gasteiger partial charge in [-0.15, -0.1) is 0 Å². The molecule has 5 atom stereocenters. The molecule has 1 amide bonds. The fourth-order valence-corrected chi connectivity index (χ4v) is 10.2. The van der Waals surface area contributed by atoms with E-state index in [-0.39, 0.29) is 309 Å². The third-order valence-electron chi connectivity index (χ3n) is 22.3. The maximum absolute atomic E-state index is 11.6. The van der Waals surface area contributed by atoms with Crippen LogP contribution in [0.1, 0.15) is 343 Å². The van der Waals surface area contributed by atoms with Crippen molar-refractivity contribution in [3.05, 3.63) is 71.8 Å². The van der Waals surface area contributed by atoms with Crippen LogP contribution in [0, 0.1) is 67.5 Å². The standard InChI is InChI=1S/C13H18O2.C12H16O2.C9H19NO4S.C9H18O5S.C9H16O4.C8H17O6P.C8H16O5S.4C7H14O2.C6H12O2.K.3Na/c1-4-13(2,3)12(14)15-10-11-8-6-5-7-9-11;1-3-10(2)12(13)14-9-11-7-5-4-6-8-11;1-5-7(2)8(11)10-9(3,4)6-15(12,13)14;1-4-9(2,3)8(10)14-6-5-7-15(11,12)13;1-4-9(2,3)8(12)13-6-5-7(10)11;1-4-8(2,3)7(9)13-5-6-14-15(10,11)12;1-3-7(2)8(9)13-5-4-6-14(10,11)12;3*1-5-7(2,3)6(8)9-4;1-4-6(3)7(8)9-5-2;1-4-5(2)6(7)8-3;;;;/h5-9H,4,10H2,1-3H3;4-8,10H,3,9H2,1-2H3;7H,5-6H2,1-4H3,(H,10,11)(H,12,13,14);4-7H2,1-3H3,(H,11,12,13);4-6H2,1-3H3,(H,10,11);4-6H2,1-3H3,(H2,10,11,12);7H,3-6H2,1-2H3,(H,10,11,12);3*5H2,1-4H3;6H,4-5H2,1-3H3;5H,4H2,1-3H3;;;;/q;;;;;;;;;;;;4*+1/p-4. The van der Waals surface area contributed by atoms with Gasteiger partial charge in [-0.05, 0) is 219 Å². The Hall–Kier alpha value is -3.97. The van der Waals surface area contributed by atoms with Crippen molar-refractivity contribution in [2.45, 2.75) is 350 Å². The number of phosphoric acid groups is 1. The zero-order valence-electron chi connectivity index (χ0n) is 98.3. The van der Waals surface area contributed by atoms with Crippen LogP contribution in [0.5, 0.6) is 0 Å². The number of hydrogen-bond acceptors (Lipinski definition) is 36. The molecule has 0 heterocycles. The quantitative estimate of drug-likeness (QED) is 0.0203. The predicted molar refractivity (Wildman–Crippen MR) is 550 cm³/mol. The maximum atomic E-state index is 11.6. The number of aliphatic carboxylic acids is 1. The van der Waals surface area contributed by atoms with Crippen LogP contribution in [0.3, 0.4) is 0 Å². The third kappa shape index (κ3) is 104. The smallest absolute Gasteiger partial charge is 0.748 e. The molecule has 852 valence electrons. The number of carbonyl (C=O) groups is 13. The summed E-state index contributed by atoms with van der Waals surface area (Å²) in [5.74, 6) is -5.60. The minimum atomic E-state index is -4.46. The second-order valence-corrected chi connectivity index (χ2v) is 44.1. The number of benzene rings is 2. The van der Waals surface area contributed by atoms with E-state index in [1.165, 1.54) is 42.3 Å². The summed E-state index contributed by atoms with van der Waals surface area (Å²) in [6, 6.07) is 19.4. The number of methoxy groups -OCH3 is 4. The number of hydrogen-bond donors (Lipinski definition) is 3. The van der Waals surface area contributed by atoms with Crippen molar-refractivity contribution >= 4 is 116 Å². The van der Waals surface area contributed by atoms with E-state index in [9.17, 15) is 111 Å². The van der Waals surface area contributed by atoms with Gasteiger partial charge in [-0.1, -0.05) is 178 Å². The van der Waals surface area contributed by atoms with Crippen molar-refractivity contribution in [1.29, 1.82) is 0 Å². The summed E-state index contributed by atoms with van der Waals surface area (Å²) in [5, 5.41) is 12.5. The molecule has 2 aromatic rings. The molecule has 0 fully saturated rings. The number of carboxylic acids is 1. The Morgan fingerprint density at radius 3 is 0.839 bits per heavy atom. The van der Waals surface area contributed by atoms with E-state index >= 15 is 0 Å². The van der Waals surface area contributed by atoms with Crippen LogP contribution in [-0.4, -0.2) is 217 Å². The number of carbonyl (C=O) groups excluding carboxylic acids is 13. The molecule has 2 aromatic carbocycles. The van der Waals surface area contributed by atoms with Crippen molar-refractivity contribution in [2.75, 3.05) is 85.3 Å². The molecule has 2 rings (SSSR count). The van der Waals surface area contributed by atoms with Gasteiger partial charge in [-0.25, -0.2) is 29.8 Å². The predicted octanol–water partition coefficient (Wildman–Crippen LogP) is 4.61. The zero-order chi connectivity index (χ0) is 116. The Kier molecular flexibility index (Phi) is 111. The normalized spacial score (nSPS) is 12.0. The van der Waals surface area contributed by atoms with E-state index < -0.39 is 89.2 Å². The first kappa shape index (κ1) is 175. The van der Waals surface area contributed by atoms with E-state index in [2.05, 4.69) is 28.8 Å². The molecule has 149 heavy (non-hydrogen) atoms. The number of ether oxygens (including phenoxy) is 11. The topological polar surface area (TPSA) is 597 Å². The summed E-state index contributed by atoms with van der Waals surface area (Å²) in [7, 11) is -11.5. The summed E-state index contributed by atoms with van der Waals surface area (Å²) < 4.78 is 160. The van der Waals surface area contributed by atoms with Crippen molar-refractivity contribution in [3.8, 4) is 0 Å². The minimum Gasteiger partial charge on any atom is -0.748 e. The molecule has 0 aliphatic heterocycles. The number of esters is 11. The fraction of sp³-hybridized carbons (Fsp3) is 0.755. The molecular formula is C102H184KNNa3O38PS3. The van der Waals surface area contributed by atoms with Crippen LogP contribution in [0.2, 0.25) is 0 Å². The van der Waals surface area contributed by atoms with Crippen molar-refractivity contribution in [2.24, 2.45) is 67.5 Å². The Morgan fingerprint density at radius 1 is 0.342 bits per heavy atom. The van der Waals surface area contributed by atoms with Crippen LogP contribution in [0.4, 0.5) is 0 Å². The SMILES string of the molecule is CCC(C)(C)C(=O)OC.CCC(C)(C)C(=O)OC.CCC(C)(C)C(=O)OC.CCC(C)(C)C(=O)OCCC(=O)[O-].CCC(C)(C)C(=O)OCCCS(=O)(=O)[O-].CCC(C)(C)C(=O)OCCOP(=O)(O)O.CCC(C)(C)C(=O)OCc1ccccc1.CCC(C)C(=O)NC(C)(C)CS(=O)(=O)[O-].CCC(C)C(=O)OC.CCC(C)C(=O)OCCCS(=O)(=O)[O-].CCC(C)C(=O)OCc1ccccc1.CCOC(=O)C(C)CC.[K+].[Na+].[Na+].[Na+]. The van der Waals surface area contributed by atoms with Crippen molar-refractivity contribution in [3.63, 3.8) is 0 Å². The van der Waals surface area contributed by atoms with Crippen molar-refractivity contribution < 1.29 is 317 Å². The molecule has 5 unspecified atom stereocenters. The van der Waals surface area contributed by atoms with Gasteiger partial charge in [0.2, 0.25) is 5.91 Å². The number of nitrogens with one attached hydrogen (secondary N) is 1. The van der Waals surface area contributed by atoms with Gasteiger partial charge in [-0.2, -0.15) is 0 Å². The molecule has 0 radical (unpaired) electrons. The number of rotatable bonds is 47. The largest absolute Gasteiger partial charge is 1.00 e. The molecule has 0 spiro atoms. The number of carboxylic acid groups (broad SMARTS) is 1. The van der Waals surface area contributed by atoms with Crippen LogP contribution >= 0.6 is 7.82 Å². The molecule has 0 saturated carbocycles. The fourth-order valence-electron chi connectivity index (χ4n) is 7.96. The van der Waals surface area contributed by atoms with Gasteiger partial charge in [-0.3, -0.25) is 62.1 Å². The van der Waals surface area contributed by atoms with Crippen LogP contribution < -0.4 is 150 Å². The molecule has 47 heteroatoms. The zero-order valence-corrected chi connectivity index (χ0v) is 111. The average Bonchev–Trinajstić information content (AvgIpc) is 0.860. The van der Waals surface area contributed by atoms with Gasteiger partial charge in [0.15, 0.2) is 0 Å². The summed E-state index contributed by atoms with van der Waals surface area (Å²) >= 11 is 0. The third-order valence-corrected chi connectivity index (χ3v) is 25.5. The van der Waals surface area contributed by atoms with Gasteiger partial charge in [0.05, 0.1) is 159 Å². The van der Waals surface area contributed by atoms with Gasteiger partial charge in [0.1, 0.15) is 19.8 Å². The van der Waals surface area contributed by atoms with E-state index in [1.807, 2.05) is 227 Å². The summed E-state index contributed by atoms with van der Waals surface area (Å²) in [5.41, 5.74) is -1.94. The van der Waals surface area contributed by atoms with E-state index in [0.717, 1.165) is 56.1 Å². The minimum absolute atomic E-state index is 0. The van der Waals surface area contributed by atoms with E-state index in [4.69, 9.17) is 42.9 Å². The second-order valence-electron chi connectivity index (χ2n) is 38.4. The molecule has 39 nitrogen and oxygen atoms in total. The molecule has 0 aliphatic carbocycles. The Labute approximate surface area is 1000 Å². The van der Waals surface area contributed by atoms with Crippen LogP contribution in [0.25, 0.3) is 0 Å². The molecule has 0 bridgehead atoms. The molecule has 0 saturated heterocycles. The summed E-state index contributed by atoms with van der Waals surface area (Å²) in [6.45, 7) is 63.2. The second kappa shape index (κ2) is 94.0. The Bertz CT molecular complexity index is 4300. The molecule has 3 N–H and O–H groups in total. The maximum Gasteiger partial charge on any atom is 1.00 e. The number of amides is 1. The monoisotopic (exact) mass is 2270 g/mol. The van der Waals surface area contributed by atoms with Crippen molar-refractivity contribution in [1.82, 2.24) is 5.32 Å². The summed E-state index contributed by atoms with van der Waals surface area (Å²) in [6.07, 6.45) is 8.95. The first-order chi connectivity index (χ1) is 66.1. The molecular weight excluding hydrogens is 2080 g/mol. The first-order valence-electron chi connectivity index (χ1n) is 48.7.